The molecule has 0 bridgehead atoms. The molecule has 0 aliphatic carbocycles. The number of nitrogens with one attached hydrogen (secondary N) is 1. The summed E-state index contributed by atoms with van der Waals surface area (Å²) in [5.41, 5.74) is 0.223. The maximum atomic E-state index is 14.2. The first kappa shape index (κ1) is 35.3. The van der Waals surface area contributed by atoms with Crippen LogP contribution >= 0.6 is 11.6 Å². The molecule has 0 saturated carbocycles. The molecule has 2 amide bonds. The molecule has 2 atom stereocenters. The number of hydrogen-bond acceptors (Lipinski definition) is 7. The minimum absolute atomic E-state index is 0.0593. The molecule has 1 N–H and O–H groups in total. The van der Waals surface area contributed by atoms with Crippen LogP contribution < -0.4 is 14.4 Å². The molecule has 0 saturated heterocycles. The second-order valence-electron chi connectivity index (χ2n) is 10.4. The van der Waals surface area contributed by atoms with Crippen LogP contribution in [-0.2, 0) is 26.2 Å². The van der Waals surface area contributed by atoms with Crippen LogP contribution in [0.4, 0.5) is 15.8 Å². The Balaban J connectivity index is 2.18. The molecule has 0 aliphatic rings. The van der Waals surface area contributed by atoms with E-state index in [-0.39, 0.29) is 41.0 Å². The number of ether oxygens (including phenoxy) is 1. The van der Waals surface area contributed by atoms with E-state index in [4.69, 9.17) is 16.3 Å². The van der Waals surface area contributed by atoms with E-state index in [1.54, 1.807) is 6.92 Å². The van der Waals surface area contributed by atoms with Gasteiger partial charge in [0.05, 0.1) is 22.6 Å². The molecule has 14 heteroatoms. The number of rotatable bonds is 14. The fourth-order valence-electron chi connectivity index (χ4n) is 4.59. The summed E-state index contributed by atoms with van der Waals surface area (Å²) < 4.78 is 48.3. The smallest absolute Gasteiger partial charge is 0.273 e. The second-order valence-corrected chi connectivity index (χ2v) is 12.7. The highest BCUT2D eigenvalue weighted by Gasteiger charge is 2.36. The van der Waals surface area contributed by atoms with Crippen molar-refractivity contribution >= 4 is 44.8 Å². The van der Waals surface area contributed by atoms with E-state index >= 15 is 0 Å². The van der Waals surface area contributed by atoms with Crippen LogP contribution in [0, 0.1) is 22.9 Å². The molecule has 0 aromatic heterocycles. The average Bonchev–Trinajstić information content (AvgIpc) is 3.00. The van der Waals surface area contributed by atoms with Gasteiger partial charge in [0, 0.05) is 29.2 Å². The van der Waals surface area contributed by atoms with Crippen LogP contribution in [0.1, 0.15) is 44.7 Å². The third-order valence-corrected chi connectivity index (χ3v) is 9.30. The molecule has 0 spiro atoms. The number of sulfonamides is 1. The maximum Gasteiger partial charge on any atom is 0.273 e. The van der Waals surface area contributed by atoms with Crippen LogP contribution in [-0.4, -0.2) is 55.8 Å². The third kappa shape index (κ3) is 8.49. The molecule has 2 unspecified atom stereocenters. The number of nitro benzene ring substituents is 1. The summed E-state index contributed by atoms with van der Waals surface area (Å²) in [6.45, 7) is 5.93. The number of methoxy groups -OCH3 is 1. The molecule has 3 aromatic rings. The molecule has 3 aromatic carbocycles. The number of aryl methyl sites for hydroxylation is 1. The van der Waals surface area contributed by atoms with Crippen LogP contribution in [0.3, 0.4) is 0 Å². The average molecular weight is 663 g/mol. The van der Waals surface area contributed by atoms with Gasteiger partial charge in [-0.2, -0.15) is 0 Å². The maximum absolute atomic E-state index is 14.2. The first-order valence-electron chi connectivity index (χ1n) is 14.2. The standard InChI is InChI=1S/C31H36ClFN4O7S/c1-6-21(4)34-31(39)26(7-2)35(18-22-9-12-24(33)13-10-22)30(38)19-36(28-16-23(32)11-15-29(28)44-5)45(42,43)25-14-8-20(3)27(17-25)37(40)41/h8-17,21,26H,6-7,18-19H2,1-5H3,(H,34,39). The van der Waals surface area contributed by atoms with Crippen molar-refractivity contribution < 1.29 is 32.1 Å². The number of nitro groups is 1. The van der Waals surface area contributed by atoms with Gasteiger partial charge in [-0.05, 0) is 68.7 Å². The number of benzene rings is 3. The third-order valence-electron chi connectivity index (χ3n) is 7.31. The normalized spacial score (nSPS) is 12.6. The molecule has 0 aliphatic heterocycles. The lowest BCUT2D eigenvalue weighted by Crippen LogP contribution is -2.53. The molecule has 0 radical (unpaired) electrons. The topological polar surface area (TPSA) is 139 Å². The number of halogens is 2. The second kappa shape index (κ2) is 15.2. The molecule has 45 heavy (non-hydrogen) atoms. The number of anilines is 1. The Morgan fingerprint density at radius 1 is 1.07 bits per heavy atom. The van der Waals surface area contributed by atoms with E-state index in [9.17, 15) is 32.5 Å². The highest BCUT2D eigenvalue weighted by molar-refractivity contribution is 7.92. The fraction of sp³-hybridized carbons (Fsp3) is 0.355. The van der Waals surface area contributed by atoms with Crippen LogP contribution in [0.5, 0.6) is 5.75 Å². The molecule has 0 heterocycles. The van der Waals surface area contributed by atoms with Crippen LogP contribution in [0.25, 0.3) is 0 Å². The first-order chi connectivity index (χ1) is 21.2. The summed E-state index contributed by atoms with van der Waals surface area (Å²) in [5.74, 6) is -1.64. The zero-order valence-electron chi connectivity index (χ0n) is 25.6. The Morgan fingerprint density at radius 2 is 1.73 bits per heavy atom. The van der Waals surface area contributed by atoms with Crippen LogP contribution in [0.2, 0.25) is 5.02 Å². The number of nitrogens with zero attached hydrogens (tertiary/aromatic N) is 3. The van der Waals surface area contributed by atoms with Crippen molar-refractivity contribution in [3.8, 4) is 5.75 Å². The summed E-state index contributed by atoms with van der Waals surface area (Å²) in [7, 11) is -3.36. The summed E-state index contributed by atoms with van der Waals surface area (Å²) in [6.07, 6.45) is 0.823. The number of amides is 2. The largest absolute Gasteiger partial charge is 0.495 e. The predicted octanol–water partition coefficient (Wildman–Crippen LogP) is 5.62. The monoisotopic (exact) mass is 662 g/mol. The van der Waals surface area contributed by atoms with Gasteiger partial charge in [-0.15, -0.1) is 0 Å². The van der Waals surface area contributed by atoms with Gasteiger partial charge in [-0.3, -0.25) is 24.0 Å². The Labute approximate surface area is 267 Å². The molecule has 11 nitrogen and oxygen atoms in total. The quantitative estimate of drug-likeness (QED) is 0.175. The van der Waals surface area contributed by atoms with E-state index in [0.29, 0.717) is 12.0 Å². The summed E-state index contributed by atoms with van der Waals surface area (Å²) >= 11 is 6.25. The SMILES string of the molecule is CCC(C)NC(=O)C(CC)N(Cc1ccc(F)cc1)C(=O)CN(c1cc(Cl)ccc1OC)S(=O)(=O)c1ccc(C)c([N+](=O)[O-])c1. The predicted molar refractivity (Wildman–Crippen MR) is 169 cm³/mol. The van der Waals surface area contributed by atoms with E-state index in [0.717, 1.165) is 10.4 Å². The molecular weight excluding hydrogens is 627 g/mol. The lowest BCUT2D eigenvalue weighted by atomic mass is 10.1. The minimum Gasteiger partial charge on any atom is -0.495 e. The van der Waals surface area contributed by atoms with Crippen molar-refractivity contribution in [2.24, 2.45) is 0 Å². The number of hydrogen-bond donors (Lipinski definition) is 1. The van der Waals surface area contributed by atoms with Crippen LogP contribution in [0.15, 0.2) is 65.6 Å². The van der Waals surface area contributed by atoms with Crippen molar-refractivity contribution in [2.45, 2.75) is 64.1 Å². The minimum atomic E-state index is -4.67. The number of carbonyl (C=O) groups excluding carboxylic acids is 2. The van der Waals surface area contributed by atoms with Gasteiger partial charge < -0.3 is 15.0 Å². The summed E-state index contributed by atoms with van der Waals surface area (Å²) in [4.78, 5) is 39.4. The Morgan fingerprint density at radius 3 is 2.31 bits per heavy atom. The highest BCUT2D eigenvalue weighted by atomic mass is 35.5. The van der Waals surface area contributed by atoms with E-state index in [2.05, 4.69) is 5.32 Å². The molecule has 242 valence electrons. The van der Waals surface area contributed by atoms with E-state index in [1.807, 2.05) is 13.8 Å². The Bertz CT molecular complexity index is 1650. The Kier molecular flexibility index (Phi) is 11.9. The lowest BCUT2D eigenvalue weighted by molar-refractivity contribution is -0.385. The van der Waals surface area contributed by atoms with Gasteiger partial charge >= 0.3 is 0 Å². The van der Waals surface area contributed by atoms with Crippen molar-refractivity contribution in [1.82, 2.24) is 10.2 Å². The number of carbonyl (C=O) groups is 2. The zero-order chi connectivity index (χ0) is 33.5. The van der Waals surface area contributed by atoms with Gasteiger partial charge in [-0.1, -0.05) is 43.6 Å². The van der Waals surface area contributed by atoms with Crippen molar-refractivity contribution in [3.05, 3.63) is 92.7 Å². The van der Waals surface area contributed by atoms with Gasteiger partial charge in [0.15, 0.2) is 0 Å². The zero-order valence-corrected chi connectivity index (χ0v) is 27.2. The molecular formula is C31H36ClFN4O7S. The summed E-state index contributed by atoms with van der Waals surface area (Å²) in [6, 6.07) is 11.8. The summed E-state index contributed by atoms with van der Waals surface area (Å²) in [5, 5.41) is 14.7. The molecule has 3 rings (SSSR count). The van der Waals surface area contributed by atoms with Gasteiger partial charge in [0.25, 0.3) is 15.7 Å². The van der Waals surface area contributed by atoms with Gasteiger partial charge in [-0.25, -0.2) is 12.8 Å². The first-order valence-corrected chi connectivity index (χ1v) is 16.0. The van der Waals surface area contributed by atoms with Crippen molar-refractivity contribution in [3.63, 3.8) is 0 Å². The highest BCUT2D eigenvalue weighted by Crippen LogP contribution is 2.36. The van der Waals surface area contributed by atoms with Gasteiger partial charge in [0.2, 0.25) is 11.8 Å². The van der Waals surface area contributed by atoms with E-state index < -0.39 is 55.7 Å². The van der Waals surface area contributed by atoms with E-state index in [1.165, 1.54) is 73.5 Å². The molecule has 0 fully saturated rings. The Hall–Kier alpha value is -4.23. The lowest BCUT2D eigenvalue weighted by Gasteiger charge is -2.34. The van der Waals surface area contributed by atoms with Gasteiger partial charge in [0.1, 0.15) is 24.2 Å². The van der Waals surface area contributed by atoms with Crippen molar-refractivity contribution in [1.29, 1.82) is 0 Å². The van der Waals surface area contributed by atoms with Crippen molar-refractivity contribution in [2.75, 3.05) is 18.0 Å². The fourth-order valence-corrected chi connectivity index (χ4v) is 6.20.